The second-order valence-corrected chi connectivity index (χ2v) is 5.17. The molecule has 0 heterocycles. The van der Waals surface area contributed by atoms with E-state index in [-0.39, 0.29) is 18.5 Å². The maximum Gasteiger partial charge on any atom is 0.339 e. The molecule has 0 unspecified atom stereocenters. The molecule has 0 atom stereocenters. The summed E-state index contributed by atoms with van der Waals surface area (Å²) in [5, 5.41) is 8.34. The van der Waals surface area contributed by atoms with Gasteiger partial charge in [-0.3, -0.25) is 0 Å². The molecule has 0 spiro atoms. The molecule has 0 aliphatic rings. The van der Waals surface area contributed by atoms with Gasteiger partial charge in [-0.2, -0.15) is 5.26 Å². The van der Waals surface area contributed by atoms with Crippen molar-refractivity contribution >= 4 is 16.0 Å². The number of carbonyl (C=O) groups is 1. The van der Waals surface area contributed by atoms with Gasteiger partial charge in [0.25, 0.3) is 0 Å². The average Bonchev–Trinajstić information content (AvgIpc) is 2.38. The van der Waals surface area contributed by atoms with Crippen LogP contribution in [0, 0.1) is 17.1 Å². The summed E-state index contributed by atoms with van der Waals surface area (Å²) in [5.74, 6) is -1.69. The number of carbonyl (C=O) groups excluding carboxylic acids is 1. The maximum absolute atomic E-state index is 13.1. The van der Waals surface area contributed by atoms with E-state index in [0.717, 1.165) is 25.3 Å². The number of hydrogen-bond donors (Lipinski definition) is 1. The Labute approximate surface area is 109 Å². The van der Waals surface area contributed by atoms with Gasteiger partial charge in [-0.25, -0.2) is 22.3 Å². The first kappa shape index (κ1) is 15.1. The Morgan fingerprint density at radius 2 is 2.21 bits per heavy atom. The summed E-state index contributed by atoms with van der Waals surface area (Å²) in [4.78, 5) is 10.9. The SMILES string of the molecule is COC(=O)c1ccc(F)cc1S(=O)(=O)NCCC#N. The van der Waals surface area contributed by atoms with Gasteiger partial charge in [0.2, 0.25) is 10.0 Å². The fraction of sp³-hybridized carbons (Fsp3) is 0.273. The van der Waals surface area contributed by atoms with E-state index in [1.807, 2.05) is 0 Å². The van der Waals surface area contributed by atoms with Crippen molar-refractivity contribution in [1.29, 1.82) is 5.26 Å². The lowest BCUT2D eigenvalue weighted by molar-refractivity contribution is 0.0596. The fourth-order valence-electron chi connectivity index (χ4n) is 1.32. The van der Waals surface area contributed by atoms with Crippen molar-refractivity contribution in [3.8, 4) is 6.07 Å². The van der Waals surface area contributed by atoms with E-state index in [4.69, 9.17) is 5.26 Å². The molecule has 1 rings (SSSR count). The van der Waals surface area contributed by atoms with E-state index in [0.29, 0.717) is 0 Å². The topological polar surface area (TPSA) is 96.3 Å². The Morgan fingerprint density at radius 1 is 1.53 bits per heavy atom. The molecule has 0 aromatic heterocycles. The first-order chi connectivity index (χ1) is 8.92. The Hall–Kier alpha value is -1.98. The van der Waals surface area contributed by atoms with Gasteiger partial charge in [-0.05, 0) is 18.2 Å². The zero-order valence-corrected chi connectivity index (χ0v) is 10.8. The Bertz CT molecular complexity index is 622. The van der Waals surface area contributed by atoms with Crippen LogP contribution in [-0.2, 0) is 14.8 Å². The molecule has 1 aromatic rings. The average molecular weight is 286 g/mol. The molecular weight excluding hydrogens is 275 g/mol. The molecule has 1 aromatic carbocycles. The highest BCUT2D eigenvalue weighted by molar-refractivity contribution is 7.89. The Balaban J connectivity index is 3.21. The van der Waals surface area contributed by atoms with Crippen molar-refractivity contribution in [2.24, 2.45) is 0 Å². The van der Waals surface area contributed by atoms with Crippen molar-refractivity contribution in [2.45, 2.75) is 11.3 Å². The Morgan fingerprint density at radius 3 is 2.79 bits per heavy atom. The lowest BCUT2D eigenvalue weighted by atomic mass is 10.2. The summed E-state index contributed by atoms with van der Waals surface area (Å²) >= 11 is 0. The minimum absolute atomic E-state index is 0.0396. The number of sulfonamides is 1. The van der Waals surface area contributed by atoms with E-state index in [1.54, 1.807) is 6.07 Å². The van der Waals surface area contributed by atoms with Gasteiger partial charge in [-0.1, -0.05) is 0 Å². The highest BCUT2D eigenvalue weighted by atomic mass is 32.2. The molecular formula is C11H11FN2O4S. The molecule has 0 bridgehead atoms. The van der Waals surface area contributed by atoms with Gasteiger partial charge >= 0.3 is 5.97 Å². The van der Waals surface area contributed by atoms with Gasteiger partial charge < -0.3 is 4.74 Å². The number of halogens is 1. The van der Waals surface area contributed by atoms with Gasteiger partial charge in [0, 0.05) is 13.0 Å². The quantitative estimate of drug-likeness (QED) is 0.638. The second-order valence-electron chi connectivity index (χ2n) is 3.44. The van der Waals surface area contributed by atoms with Gasteiger partial charge in [0.05, 0.1) is 23.6 Å². The van der Waals surface area contributed by atoms with Crippen LogP contribution in [0.3, 0.4) is 0 Å². The molecule has 1 N–H and O–H groups in total. The van der Waals surface area contributed by atoms with Crippen LogP contribution in [0.15, 0.2) is 23.1 Å². The molecule has 6 nitrogen and oxygen atoms in total. The fourth-order valence-corrected chi connectivity index (χ4v) is 2.55. The summed E-state index contributed by atoms with van der Waals surface area (Å²) in [5.41, 5.74) is -0.270. The first-order valence-electron chi connectivity index (χ1n) is 5.17. The molecule has 0 aliphatic heterocycles. The van der Waals surface area contributed by atoms with Crippen molar-refractivity contribution in [2.75, 3.05) is 13.7 Å². The summed E-state index contributed by atoms with van der Waals surface area (Å²) in [6.45, 7) is -0.129. The Kier molecular flexibility index (Phi) is 4.97. The van der Waals surface area contributed by atoms with Crippen molar-refractivity contribution in [3.63, 3.8) is 0 Å². The highest BCUT2D eigenvalue weighted by Crippen LogP contribution is 2.18. The summed E-state index contributed by atoms with van der Waals surface area (Å²) < 4.78 is 43.5. The number of nitrogens with one attached hydrogen (secondary N) is 1. The van der Waals surface area contributed by atoms with Crippen molar-refractivity contribution in [3.05, 3.63) is 29.6 Å². The molecule has 19 heavy (non-hydrogen) atoms. The summed E-state index contributed by atoms with van der Waals surface area (Å²) in [7, 11) is -2.99. The molecule has 0 aliphatic carbocycles. The number of nitriles is 1. The van der Waals surface area contributed by atoms with E-state index in [9.17, 15) is 17.6 Å². The van der Waals surface area contributed by atoms with Crippen LogP contribution < -0.4 is 4.72 Å². The summed E-state index contributed by atoms with van der Waals surface area (Å²) in [6.07, 6.45) is -0.0396. The predicted molar refractivity (Wildman–Crippen MR) is 63.2 cm³/mol. The number of benzene rings is 1. The van der Waals surface area contributed by atoms with Crippen LogP contribution in [0.2, 0.25) is 0 Å². The predicted octanol–water partition coefficient (Wildman–Crippen LogP) is 0.804. The number of hydrogen-bond acceptors (Lipinski definition) is 5. The van der Waals surface area contributed by atoms with Crippen LogP contribution in [0.1, 0.15) is 16.8 Å². The molecule has 0 radical (unpaired) electrons. The largest absolute Gasteiger partial charge is 0.465 e. The number of ether oxygens (including phenoxy) is 1. The maximum atomic E-state index is 13.1. The standard InChI is InChI=1S/C11H11FN2O4S/c1-18-11(15)9-4-3-8(12)7-10(9)19(16,17)14-6-2-5-13/h3-4,7,14H,2,6H2,1H3. The summed E-state index contributed by atoms with van der Waals surface area (Å²) in [6, 6.07) is 4.47. The minimum Gasteiger partial charge on any atom is -0.465 e. The van der Waals surface area contributed by atoms with Crippen LogP contribution in [0.4, 0.5) is 4.39 Å². The second kappa shape index (κ2) is 6.26. The molecule has 0 amide bonds. The lowest BCUT2D eigenvalue weighted by Gasteiger charge is -2.09. The van der Waals surface area contributed by atoms with Crippen molar-refractivity contribution in [1.82, 2.24) is 4.72 Å². The van der Waals surface area contributed by atoms with Crippen LogP contribution in [0.25, 0.3) is 0 Å². The van der Waals surface area contributed by atoms with Crippen molar-refractivity contribution < 1.29 is 22.3 Å². The zero-order valence-electron chi connectivity index (χ0n) is 10.0. The molecule has 0 saturated carbocycles. The normalized spacial score (nSPS) is 10.8. The molecule has 102 valence electrons. The van der Waals surface area contributed by atoms with Gasteiger partial charge in [0.1, 0.15) is 5.82 Å². The smallest absolute Gasteiger partial charge is 0.339 e. The van der Waals surface area contributed by atoms with Crippen LogP contribution in [0.5, 0.6) is 0 Å². The molecule has 0 fully saturated rings. The lowest BCUT2D eigenvalue weighted by Crippen LogP contribution is -2.26. The molecule has 0 saturated heterocycles. The minimum atomic E-state index is -4.08. The number of methoxy groups -OCH3 is 1. The van der Waals surface area contributed by atoms with Gasteiger partial charge in [-0.15, -0.1) is 0 Å². The van der Waals surface area contributed by atoms with Crippen LogP contribution in [-0.4, -0.2) is 28.0 Å². The van der Waals surface area contributed by atoms with Crippen LogP contribution >= 0.6 is 0 Å². The monoisotopic (exact) mass is 286 g/mol. The third kappa shape index (κ3) is 3.74. The van der Waals surface area contributed by atoms with E-state index in [2.05, 4.69) is 9.46 Å². The zero-order chi connectivity index (χ0) is 14.5. The highest BCUT2D eigenvalue weighted by Gasteiger charge is 2.23. The first-order valence-corrected chi connectivity index (χ1v) is 6.65. The number of rotatable bonds is 5. The van der Waals surface area contributed by atoms with E-state index < -0.39 is 26.7 Å². The number of nitrogens with zero attached hydrogens (tertiary/aromatic N) is 1. The van der Waals surface area contributed by atoms with E-state index in [1.165, 1.54) is 0 Å². The van der Waals surface area contributed by atoms with E-state index >= 15 is 0 Å². The van der Waals surface area contributed by atoms with Gasteiger partial charge in [0.15, 0.2) is 0 Å². The third-order valence-corrected chi connectivity index (χ3v) is 3.67. The number of esters is 1. The molecule has 8 heteroatoms. The third-order valence-electron chi connectivity index (χ3n) is 2.17.